The third-order valence-electron chi connectivity index (χ3n) is 6.89. The molecule has 30 heavy (non-hydrogen) atoms. The number of amides is 1. The summed E-state index contributed by atoms with van der Waals surface area (Å²) in [6.07, 6.45) is 11.8. The number of benzene rings is 1. The number of hydrogen-bond donors (Lipinski definition) is 1. The van der Waals surface area contributed by atoms with Crippen LogP contribution in [0.2, 0.25) is 0 Å². The van der Waals surface area contributed by atoms with Crippen molar-refractivity contribution in [2.75, 3.05) is 26.7 Å². The summed E-state index contributed by atoms with van der Waals surface area (Å²) in [5, 5.41) is 3.19. The number of likely N-dealkylation sites (tertiary alicyclic amines) is 1. The Balaban J connectivity index is 1.36. The zero-order valence-electron chi connectivity index (χ0n) is 18.0. The van der Waals surface area contributed by atoms with Crippen LogP contribution in [-0.2, 0) is 5.41 Å². The lowest BCUT2D eigenvalue weighted by atomic mass is 9.69. The zero-order valence-corrected chi connectivity index (χ0v) is 18.0. The van der Waals surface area contributed by atoms with E-state index in [4.69, 9.17) is 4.74 Å². The Morgan fingerprint density at radius 3 is 2.50 bits per heavy atom. The monoisotopic (exact) mass is 407 g/mol. The van der Waals surface area contributed by atoms with Crippen molar-refractivity contribution in [2.24, 2.45) is 0 Å². The molecule has 2 heterocycles. The summed E-state index contributed by atoms with van der Waals surface area (Å²) in [5.74, 6) is 0.915. The first-order chi connectivity index (χ1) is 14.7. The van der Waals surface area contributed by atoms with E-state index in [0.29, 0.717) is 5.56 Å². The van der Waals surface area contributed by atoms with Crippen molar-refractivity contribution in [3.8, 4) is 5.75 Å². The maximum atomic E-state index is 12.4. The van der Waals surface area contributed by atoms with Crippen molar-refractivity contribution in [1.82, 2.24) is 15.2 Å². The standard InChI is InChI=1S/C25H33N3O2/c1-30-23-9-7-21(8-10-23)25(13-3-2-4-14-25)19-28-16-11-22(12-17-28)27-24(29)20-6-5-15-26-18-20/h5-10,15,18,22H,2-4,11-14,16-17,19H2,1H3,(H,27,29). The van der Waals surface area contributed by atoms with Gasteiger partial charge in [-0.3, -0.25) is 9.78 Å². The van der Waals surface area contributed by atoms with Crippen LogP contribution >= 0.6 is 0 Å². The summed E-state index contributed by atoms with van der Waals surface area (Å²) in [6.45, 7) is 3.19. The van der Waals surface area contributed by atoms with E-state index in [1.165, 1.54) is 37.7 Å². The highest BCUT2D eigenvalue weighted by Crippen LogP contribution is 2.41. The topological polar surface area (TPSA) is 54.5 Å². The van der Waals surface area contributed by atoms with E-state index < -0.39 is 0 Å². The molecule has 0 radical (unpaired) electrons. The molecule has 2 aliphatic rings. The lowest BCUT2D eigenvalue weighted by Gasteiger charge is -2.44. The zero-order chi connectivity index (χ0) is 20.8. The van der Waals surface area contributed by atoms with Gasteiger partial charge in [-0.25, -0.2) is 0 Å². The number of carbonyl (C=O) groups is 1. The first-order valence-electron chi connectivity index (χ1n) is 11.3. The van der Waals surface area contributed by atoms with Gasteiger partial charge in [-0.1, -0.05) is 31.4 Å². The van der Waals surface area contributed by atoms with E-state index in [9.17, 15) is 4.79 Å². The van der Waals surface area contributed by atoms with Gasteiger partial charge in [0.2, 0.25) is 0 Å². The Labute approximate surface area is 179 Å². The molecule has 4 rings (SSSR count). The molecule has 1 N–H and O–H groups in total. The number of nitrogens with one attached hydrogen (secondary N) is 1. The maximum Gasteiger partial charge on any atom is 0.253 e. The van der Waals surface area contributed by atoms with Crippen LogP contribution in [0.25, 0.3) is 0 Å². The molecule has 1 amide bonds. The van der Waals surface area contributed by atoms with Crippen LogP contribution in [0, 0.1) is 0 Å². The molecule has 2 aromatic rings. The van der Waals surface area contributed by atoms with E-state index in [-0.39, 0.29) is 17.4 Å². The van der Waals surface area contributed by atoms with E-state index in [2.05, 4.69) is 39.5 Å². The molecule has 1 aliphatic heterocycles. The fourth-order valence-corrected chi connectivity index (χ4v) is 5.14. The molecular formula is C25H33N3O2. The van der Waals surface area contributed by atoms with Gasteiger partial charge >= 0.3 is 0 Å². The number of pyridine rings is 1. The minimum atomic E-state index is -0.0106. The Morgan fingerprint density at radius 2 is 1.87 bits per heavy atom. The molecule has 1 aromatic heterocycles. The molecule has 2 fully saturated rings. The minimum Gasteiger partial charge on any atom is -0.497 e. The number of nitrogens with zero attached hydrogens (tertiary/aromatic N) is 2. The van der Waals surface area contributed by atoms with Gasteiger partial charge in [0, 0.05) is 43.5 Å². The fourth-order valence-electron chi connectivity index (χ4n) is 5.14. The minimum absolute atomic E-state index is 0.0106. The smallest absolute Gasteiger partial charge is 0.253 e. The molecule has 5 heteroatoms. The highest BCUT2D eigenvalue weighted by molar-refractivity contribution is 5.94. The van der Waals surface area contributed by atoms with Gasteiger partial charge in [-0.2, -0.15) is 0 Å². The number of hydrogen-bond acceptors (Lipinski definition) is 4. The first kappa shape index (κ1) is 20.9. The van der Waals surface area contributed by atoms with Crippen molar-refractivity contribution < 1.29 is 9.53 Å². The number of ether oxygens (including phenoxy) is 1. The van der Waals surface area contributed by atoms with Crippen LogP contribution in [0.3, 0.4) is 0 Å². The summed E-state index contributed by atoms with van der Waals surface area (Å²) < 4.78 is 5.37. The second-order valence-corrected chi connectivity index (χ2v) is 8.84. The molecule has 0 atom stereocenters. The number of rotatable bonds is 6. The lowest BCUT2D eigenvalue weighted by molar-refractivity contribution is 0.0891. The third kappa shape index (κ3) is 4.84. The summed E-state index contributed by atoms with van der Waals surface area (Å²) in [5.41, 5.74) is 2.34. The van der Waals surface area contributed by atoms with Gasteiger partial charge in [-0.05, 0) is 55.5 Å². The largest absolute Gasteiger partial charge is 0.497 e. The van der Waals surface area contributed by atoms with Gasteiger partial charge < -0.3 is 15.0 Å². The van der Waals surface area contributed by atoms with Crippen LogP contribution < -0.4 is 10.1 Å². The maximum absolute atomic E-state index is 12.4. The quantitative estimate of drug-likeness (QED) is 0.780. The summed E-state index contributed by atoms with van der Waals surface area (Å²) in [6, 6.07) is 12.6. The number of piperidine rings is 1. The molecule has 1 aliphatic carbocycles. The van der Waals surface area contributed by atoms with Gasteiger partial charge in [0.15, 0.2) is 0 Å². The third-order valence-corrected chi connectivity index (χ3v) is 6.89. The first-order valence-corrected chi connectivity index (χ1v) is 11.3. The Kier molecular flexibility index (Phi) is 6.68. The van der Waals surface area contributed by atoms with Crippen LogP contribution in [0.4, 0.5) is 0 Å². The average molecular weight is 408 g/mol. The van der Waals surface area contributed by atoms with E-state index in [0.717, 1.165) is 38.2 Å². The lowest BCUT2D eigenvalue weighted by Crippen LogP contribution is -2.49. The van der Waals surface area contributed by atoms with Crippen molar-refractivity contribution in [2.45, 2.75) is 56.4 Å². The van der Waals surface area contributed by atoms with Gasteiger partial charge in [0.25, 0.3) is 5.91 Å². The molecule has 0 unspecified atom stereocenters. The summed E-state index contributed by atoms with van der Waals surface area (Å²) >= 11 is 0. The number of aromatic nitrogens is 1. The second kappa shape index (κ2) is 9.61. The highest BCUT2D eigenvalue weighted by Gasteiger charge is 2.36. The SMILES string of the molecule is COc1ccc(C2(CN3CCC(NC(=O)c4cccnc4)CC3)CCCCC2)cc1. The molecule has 0 spiro atoms. The van der Waals surface area contributed by atoms with Crippen LogP contribution in [0.15, 0.2) is 48.8 Å². The van der Waals surface area contributed by atoms with Crippen molar-refractivity contribution in [3.63, 3.8) is 0 Å². The normalized spacial score (nSPS) is 19.9. The van der Waals surface area contributed by atoms with Crippen LogP contribution in [0.5, 0.6) is 5.75 Å². The van der Waals surface area contributed by atoms with Crippen molar-refractivity contribution in [1.29, 1.82) is 0 Å². The summed E-state index contributed by atoms with van der Waals surface area (Å²) in [4.78, 5) is 19.1. The van der Waals surface area contributed by atoms with Gasteiger partial charge in [0.1, 0.15) is 5.75 Å². The van der Waals surface area contributed by atoms with Crippen molar-refractivity contribution >= 4 is 5.91 Å². The Hall–Kier alpha value is -2.40. The van der Waals surface area contributed by atoms with E-state index in [1.54, 1.807) is 25.6 Å². The highest BCUT2D eigenvalue weighted by atomic mass is 16.5. The van der Waals surface area contributed by atoms with E-state index in [1.807, 2.05) is 6.07 Å². The Bertz CT molecular complexity index is 808. The average Bonchev–Trinajstić information content (AvgIpc) is 2.81. The molecule has 0 bridgehead atoms. The van der Waals surface area contributed by atoms with Crippen molar-refractivity contribution in [3.05, 3.63) is 59.9 Å². The molecular weight excluding hydrogens is 374 g/mol. The van der Waals surface area contributed by atoms with E-state index >= 15 is 0 Å². The Morgan fingerprint density at radius 1 is 1.13 bits per heavy atom. The second-order valence-electron chi connectivity index (χ2n) is 8.84. The predicted octanol–water partition coefficient (Wildman–Crippen LogP) is 4.19. The summed E-state index contributed by atoms with van der Waals surface area (Å²) in [7, 11) is 1.72. The molecule has 160 valence electrons. The van der Waals surface area contributed by atoms with Gasteiger partial charge in [-0.15, -0.1) is 0 Å². The molecule has 1 aromatic carbocycles. The fraction of sp³-hybridized carbons (Fsp3) is 0.520. The molecule has 1 saturated carbocycles. The molecule has 5 nitrogen and oxygen atoms in total. The number of carbonyl (C=O) groups excluding carboxylic acids is 1. The number of methoxy groups -OCH3 is 1. The van der Waals surface area contributed by atoms with Crippen LogP contribution in [-0.4, -0.2) is 48.6 Å². The molecule has 1 saturated heterocycles. The van der Waals surface area contributed by atoms with Gasteiger partial charge in [0.05, 0.1) is 12.7 Å². The van der Waals surface area contributed by atoms with Crippen LogP contribution in [0.1, 0.15) is 60.9 Å². The predicted molar refractivity (Wildman–Crippen MR) is 119 cm³/mol.